The molecule has 214 valence electrons. The highest BCUT2D eigenvalue weighted by atomic mass is 32.1. The fourth-order valence-electron chi connectivity index (χ4n) is 4.04. The first kappa shape index (κ1) is 29.0. The lowest BCUT2D eigenvalue weighted by molar-refractivity contribution is -0.140. The second-order valence-corrected chi connectivity index (χ2v) is 9.59. The molecule has 0 saturated carbocycles. The van der Waals surface area contributed by atoms with Crippen molar-refractivity contribution < 1.29 is 40.3 Å². The van der Waals surface area contributed by atoms with Crippen molar-refractivity contribution in [2.75, 3.05) is 5.32 Å². The number of primary amides is 1. The Balaban J connectivity index is 1.91. The van der Waals surface area contributed by atoms with Gasteiger partial charge in [0, 0.05) is 23.7 Å². The van der Waals surface area contributed by atoms with Gasteiger partial charge in [0.25, 0.3) is 18.8 Å². The van der Waals surface area contributed by atoms with Crippen LogP contribution < -0.4 is 11.1 Å². The van der Waals surface area contributed by atoms with Crippen molar-refractivity contribution in [2.45, 2.75) is 52.4 Å². The maximum atomic E-state index is 13.8. The molecule has 0 fully saturated rings. The number of pyridine rings is 1. The van der Waals surface area contributed by atoms with E-state index < -0.39 is 54.0 Å². The number of amides is 2. The summed E-state index contributed by atoms with van der Waals surface area (Å²) in [6.07, 6.45) is -9.85. The Bertz CT molecular complexity index is 1610. The number of fused-ring (bicyclic) bond motifs is 1. The molecule has 9 nitrogen and oxygen atoms in total. The van der Waals surface area contributed by atoms with Gasteiger partial charge in [0.15, 0.2) is 0 Å². The van der Waals surface area contributed by atoms with Gasteiger partial charge in [-0.05, 0) is 38.5 Å². The van der Waals surface area contributed by atoms with Crippen LogP contribution in [0, 0.1) is 6.92 Å². The summed E-state index contributed by atoms with van der Waals surface area (Å²) >= 11 is 0.486. The SMILES string of the molecule is CCn1cc(-c2cc(C(F)(F)F)nc3sc(C(N)=O)c(NC(=O)C(C)n4nc(C(F)F)cc4C(F)F)c23)c(C)n1. The third kappa shape index (κ3) is 5.24. The number of nitrogens with two attached hydrogens (primary N) is 1. The molecule has 4 heterocycles. The van der Waals surface area contributed by atoms with E-state index in [2.05, 4.69) is 20.5 Å². The third-order valence-corrected chi connectivity index (χ3v) is 7.06. The standard InChI is InChI=1S/C23H20F7N7O2S/c1-4-36-7-11(8(2)34-36)10-5-14(23(28,29)30)32-22-15(10)16(17(40-22)20(31)38)33-21(39)9(3)37-13(19(26)27)6-12(35-37)18(24)25/h5-7,9,18-19H,4H2,1-3H3,(H2,31,38)(H,33,39). The molecule has 40 heavy (non-hydrogen) atoms. The summed E-state index contributed by atoms with van der Waals surface area (Å²) in [6, 6.07) is -0.411. The second-order valence-electron chi connectivity index (χ2n) is 8.59. The maximum Gasteiger partial charge on any atom is 0.433 e. The van der Waals surface area contributed by atoms with Crippen LogP contribution in [0.2, 0.25) is 0 Å². The summed E-state index contributed by atoms with van der Waals surface area (Å²) in [5.74, 6) is -2.20. The lowest BCUT2D eigenvalue weighted by Gasteiger charge is -2.16. The first-order valence-corrected chi connectivity index (χ1v) is 12.3. The number of anilines is 1. The Morgan fingerprint density at radius 1 is 1.10 bits per heavy atom. The third-order valence-electron chi connectivity index (χ3n) is 5.96. The van der Waals surface area contributed by atoms with Gasteiger partial charge in [-0.15, -0.1) is 11.3 Å². The van der Waals surface area contributed by atoms with E-state index in [9.17, 15) is 40.3 Å². The van der Waals surface area contributed by atoms with Gasteiger partial charge >= 0.3 is 6.18 Å². The van der Waals surface area contributed by atoms with Gasteiger partial charge in [-0.25, -0.2) is 22.5 Å². The zero-order valence-corrected chi connectivity index (χ0v) is 21.7. The molecule has 3 N–H and O–H groups in total. The largest absolute Gasteiger partial charge is 0.433 e. The molecule has 1 unspecified atom stereocenters. The van der Waals surface area contributed by atoms with Gasteiger partial charge in [0.1, 0.15) is 32.8 Å². The molecule has 0 spiro atoms. The first-order valence-electron chi connectivity index (χ1n) is 11.5. The van der Waals surface area contributed by atoms with Gasteiger partial charge in [0.2, 0.25) is 5.91 Å². The molecule has 0 aliphatic rings. The normalized spacial score (nSPS) is 13.0. The van der Waals surface area contributed by atoms with Gasteiger partial charge in [-0.2, -0.15) is 23.4 Å². The summed E-state index contributed by atoms with van der Waals surface area (Å²) in [5, 5.41) is 9.94. The van der Waals surface area contributed by atoms with Gasteiger partial charge in [-0.3, -0.25) is 19.0 Å². The average Bonchev–Trinajstić information content (AvgIpc) is 3.57. The fraction of sp³-hybridized carbons (Fsp3) is 0.348. The summed E-state index contributed by atoms with van der Waals surface area (Å²) in [4.78, 5) is 28.5. The zero-order valence-electron chi connectivity index (χ0n) is 20.9. The number of carbonyl (C=O) groups is 2. The van der Waals surface area contributed by atoms with Crippen LogP contribution in [0.15, 0.2) is 18.3 Å². The maximum absolute atomic E-state index is 13.8. The lowest BCUT2D eigenvalue weighted by atomic mass is 10.0. The molecule has 2 amide bonds. The number of aryl methyl sites for hydroxylation is 2. The Morgan fingerprint density at radius 3 is 2.30 bits per heavy atom. The van der Waals surface area contributed by atoms with Crippen LogP contribution in [-0.4, -0.2) is 36.4 Å². The fourth-order valence-corrected chi connectivity index (χ4v) is 5.05. The molecule has 0 saturated heterocycles. The minimum Gasteiger partial charge on any atom is -0.365 e. The van der Waals surface area contributed by atoms with Crippen LogP contribution in [0.4, 0.5) is 36.4 Å². The average molecular weight is 592 g/mol. The smallest absolute Gasteiger partial charge is 0.365 e. The summed E-state index contributed by atoms with van der Waals surface area (Å²) in [5.41, 5.74) is 2.43. The monoisotopic (exact) mass is 591 g/mol. The topological polar surface area (TPSA) is 121 Å². The number of thiophene rings is 1. The summed E-state index contributed by atoms with van der Waals surface area (Å²) in [6.45, 7) is 4.78. The van der Waals surface area contributed by atoms with E-state index in [1.165, 1.54) is 10.9 Å². The van der Waals surface area contributed by atoms with Crippen LogP contribution in [-0.2, 0) is 17.5 Å². The van der Waals surface area contributed by atoms with Crippen LogP contribution in [0.1, 0.15) is 65.2 Å². The number of hydrogen-bond acceptors (Lipinski definition) is 6. The van der Waals surface area contributed by atoms with Crippen molar-refractivity contribution in [3.05, 3.63) is 46.0 Å². The Labute approximate surface area is 224 Å². The summed E-state index contributed by atoms with van der Waals surface area (Å²) < 4.78 is 96.4. The van der Waals surface area contributed by atoms with Gasteiger partial charge < -0.3 is 11.1 Å². The Morgan fingerprint density at radius 2 is 1.77 bits per heavy atom. The van der Waals surface area contributed by atoms with Crippen molar-refractivity contribution in [1.82, 2.24) is 24.5 Å². The highest BCUT2D eigenvalue weighted by Gasteiger charge is 2.36. The van der Waals surface area contributed by atoms with Crippen molar-refractivity contribution >= 4 is 39.1 Å². The van der Waals surface area contributed by atoms with Crippen LogP contribution >= 0.6 is 11.3 Å². The number of nitrogens with one attached hydrogen (secondary N) is 1. The molecule has 4 aromatic heterocycles. The minimum absolute atomic E-state index is 0.0751. The Hall–Kier alpha value is -4.02. The number of nitrogens with zero attached hydrogens (tertiary/aromatic N) is 5. The quantitative estimate of drug-likeness (QED) is 0.248. The van der Waals surface area contributed by atoms with Crippen LogP contribution in [0.5, 0.6) is 0 Å². The zero-order chi connectivity index (χ0) is 29.7. The van der Waals surface area contributed by atoms with E-state index in [-0.39, 0.29) is 31.9 Å². The minimum atomic E-state index is -4.87. The number of hydrogen-bond donors (Lipinski definition) is 2. The molecule has 0 radical (unpaired) electrons. The molecular formula is C23H20F7N7O2S. The first-order chi connectivity index (χ1) is 18.6. The van der Waals surface area contributed by atoms with Crippen molar-refractivity contribution in [3.8, 4) is 11.1 Å². The van der Waals surface area contributed by atoms with E-state index in [0.29, 0.717) is 34.3 Å². The molecule has 4 rings (SSSR count). The van der Waals surface area contributed by atoms with Crippen LogP contribution in [0.25, 0.3) is 21.3 Å². The van der Waals surface area contributed by atoms with Gasteiger partial charge in [0.05, 0.1) is 11.4 Å². The second kappa shape index (κ2) is 10.5. The van der Waals surface area contributed by atoms with Crippen molar-refractivity contribution in [1.29, 1.82) is 0 Å². The predicted molar refractivity (Wildman–Crippen MR) is 130 cm³/mol. The molecule has 0 aliphatic heterocycles. The molecular weight excluding hydrogens is 571 g/mol. The number of rotatable bonds is 8. The van der Waals surface area contributed by atoms with Crippen molar-refractivity contribution in [2.24, 2.45) is 5.73 Å². The van der Waals surface area contributed by atoms with Crippen molar-refractivity contribution in [3.63, 3.8) is 0 Å². The highest BCUT2D eigenvalue weighted by Crippen LogP contribution is 2.44. The highest BCUT2D eigenvalue weighted by molar-refractivity contribution is 7.21. The van der Waals surface area contributed by atoms with E-state index in [4.69, 9.17) is 5.73 Å². The number of alkyl halides is 7. The molecule has 0 aliphatic carbocycles. The van der Waals surface area contributed by atoms with E-state index in [1.54, 1.807) is 13.8 Å². The number of carbonyl (C=O) groups excluding carboxylic acids is 2. The van der Waals surface area contributed by atoms with E-state index in [0.717, 1.165) is 13.0 Å². The Kier molecular flexibility index (Phi) is 7.62. The lowest BCUT2D eigenvalue weighted by Crippen LogP contribution is -2.27. The molecule has 1 atom stereocenters. The molecule has 0 bridgehead atoms. The molecule has 4 aromatic rings. The van der Waals surface area contributed by atoms with E-state index in [1.807, 2.05) is 0 Å². The molecule has 0 aromatic carbocycles. The van der Waals surface area contributed by atoms with Gasteiger partial charge in [-0.1, -0.05) is 0 Å². The van der Waals surface area contributed by atoms with E-state index >= 15 is 0 Å². The van der Waals surface area contributed by atoms with Crippen LogP contribution in [0.3, 0.4) is 0 Å². The molecule has 17 heteroatoms. The number of aromatic nitrogens is 5. The number of halogens is 7. The summed E-state index contributed by atoms with van der Waals surface area (Å²) in [7, 11) is 0. The predicted octanol–water partition coefficient (Wildman–Crippen LogP) is 5.88.